The lowest BCUT2D eigenvalue weighted by molar-refractivity contribution is -0.143. The third-order valence-corrected chi connectivity index (χ3v) is 3.58. The van der Waals surface area contributed by atoms with E-state index in [1.54, 1.807) is 0 Å². The van der Waals surface area contributed by atoms with E-state index in [2.05, 4.69) is 6.92 Å². The minimum absolute atomic E-state index is 0.0640. The van der Waals surface area contributed by atoms with Crippen molar-refractivity contribution in [2.24, 2.45) is 11.8 Å². The molecule has 1 saturated carbocycles. The van der Waals surface area contributed by atoms with Crippen molar-refractivity contribution in [2.75, 3.05) is 6.61 Å². The van der Waals surface area contributed by atoms with E-state index in [4.69, 9.17) is 4.74 Å². The van der Waals surface area contributed by atoms with Crippen molar-refractivity contribution < 1.29 is 9.53 Å². The van der Waals surface area contributed by atoms with Gasteiger partial charge in [-0.15, -0.1) is 0 Å². The molecule has 15 heavy (non-hydrogen) atoms. The van der Waals surface area contributed by atoms with E-state index in [1.165, 1.54) is 32.1 Å². The molecule has 0 bridgehead atoms. The summed E-state index contributed by atoms with van der Waals surface area (Å²) in [4.78, 5) is 10.9. The lowest BCUT2D eigenvalue weighted by atomic mass is 9.80. The van der Waals surface area contributed by atoms with Crippen LogP contribution in [0.2, 0.25) is 0 Å². The Morgan fingerprint density at radius 1 is 1.33 bits per heavy atom. The van der Waals surface area contributed by atoms with Crippen molar-refractivity contribution in [2.45, 2.75) is 58.8 Å². The molecule has 0 heterocycles. The molecular formula is C13H24O2. The molecule has 1 aliphatic carbocycles. The van der Waals surface area contributed by atoms with Gasteiger partial charge in [0.2, 0.25) is 0 Å². The van der Waals surface area contributed by atoms with Crippen molar-refractivity contribution in [3.63, 3.8) is 0 Å². The molecule has 0 aliphatic heterocycles. The van der Waals surface area contributed by atoms with E-state index in [9.17, 15) is 4.79 Å². The van der Waals surface area contributed by atoms with Crippen LogP contribution in [0.25, 0.3) is 0 Å². The Kier molecular flexibility index (Phi) is 5.74. The highest BCUT2D eigenvalue weighted by atomic mass is 16.5. The second-order valence-electron chi connectivity index (χ2n) is 4.74. The van der Waals surface area contributed by atoms with Crippen molar-refractivity contribution in [1.82, 2.24) is 0 Å². The minimum Gasteiger partial charge on any atom is -0.466 e. The molecule has 0 radical (unpaired) electrons. The third-order valence-electron chi connectivity index (χ3n) is 3.58. The molecule has 88 valence electrons. The number of carbonyl (C=O) groups excluding carboxylic acids is 1. The summed E-state index contributed by atoms with van der Waals surface area (Å²) in [5.74, 6) is 1.53. The second-order valence-corrected chi connectivity index (χ2v) is 4.74. The maximum atomic E-state index is 10.9. The van der Waals surface area contributed by atoms with Crippen LogP contribution in [0.4, 0.5) is 0 Å². The van der Waals surface area contributed by atoms with Crippen molar-refractivity contribution in [3.8, 4) is 0 Å². The molecule has 1 unspecified atom stereocenters. The van der Waals surface area contributed by atoms with E-state index in [1.807, 2.05) is 6.92 Å². The Labute approximate surface area is 93.4 Å². The van der Waals surface area contributed by atoms with Crippen LogP contribution in [-0.2, 0) is 9.53 Å². The predicted molar refractivity (Wildman–Crippen MR) is 61.6 cm³/mol. The van der Waals surface area contributed by atoms with Gasteiger partial charge in [0.1, 0.15) is 0 Å². The van der Waals surface area contributed by atoms with Gasteiger partial charge in [0, 0.05) is 6.42 Å². The molecule has 0 aromatic carbocycles. The Hall–Kier alpha value is -0.530. The van der Waals surface area contributed by atoms with E-state index >= 15 is 0 Å². The van der Waals surface area contributed by atoms with Gasteiger partial charge >= 0.3 is 5.97 Å². The second kappa shape index (κ2) is 6.86. The molecule has 0 spiro atoms. The Morgan fingerprint density at radius 3 is 2.60 bits per heavy atom. The van der Waals surface area contributed by atoms with Crippen molar-refractivity contribution in [1.29, 1.82) is 0 Å². The maximum absolute atomic E-state index is 10.9. The summed E-state index contributed by atoms with van der Waals surface area (Å²) in [7, 11) is 0. The molecule has 0 aromatic heterocycles. The summed E-state index contributed by atoms with van der Waals surface area (Å²) in [6, 6.07) is 0. The summed E-state index contributed by atoms with van der Waals surface area (Å²) in [5, 5.41) is 0. The SMILES string of the molecule is CCC(=O)OCCC(C)C1CCCCC1. The number of hydrogen-bond donors (Lipinski definition) is 0. The number of esters is 1. The van der Waals surface area contributed by atoms with Crippen molar-refractivity contribution in [3.05, 3.63) is 0 Å². The van der Waals surface area contributed by atoms with Gasteiger partial charge in [-0.05, 0) is 18.3 Å². The summed E-state index contributed by atoms with van der Waals surface area (Å²) in [6.07, 6.45) is 8.49. The fraction of sp³-hybridized carbons (Fsp3) is 0.923. The predicted octanol–water partition coefficient (Wildman–Crippen LogP) is 3.55. The van der Waals surface area contributed by atoms with Crippen LogP contribution in [0, 0.1) is 11.8 Å². The zero-order valence-corrected chi connectivity index (χ0v) is 10.1. The van der Waals surface area contributed by atoms with E-state index in [-0.39, 0.29) is 5.97 Å². The summed E-state index contributed by atoms with van der Waals surface area (Å²) in [5.41, 5.74) is 0. The van der Waals surface area contributed by atoms with Gasteiger partial charge in [-0.2, -0.15) is 0 Å². The van der Waals surface area contributed by atoms with Crippen LogP contribution in [0.15, 0.2) is 0 Å². The quantitative estimate of drug-likeness (QED) is 0.651. The highest BCUT2D eigenvalue weighted by molar-refractivity contribution is 5.68. The van der Waals surface area contributed by atoms with Crippen LogP contribution in [0.1, 0.15) is 58.8 Å². The molecular weight excluding hydrogens is 188 g/mol. The van der Waals surface area contributed by atoms with Crippen LogP contribution >= 0.6 is 0 Å². The first-order valence-corrected chi connectivity index (χ1v) is 6.39. The lowest BCUT2D eigenvalue weighted by Crippen LogP contribution is -2.17. The summed E-state index contributed by atoms with van der Waals surface area (Å²) < 4.78 is 5.11. The highest BCUT2D eigenvalue weighted by Crippen LogP contribution is 2.31. The fourth-order valence-electron chi connectivity index (χ4n) is 2.40. The third kappa shape index (κ3) is 4.67. The van der Waals surface area contributed by atoms with Gasteiger partial charge in [0.05, 0.1) is 6.61 Å². The topological polar surface area (TPSA) is 26.3 Å². The van der Waals surface area contributed by atoms with Gasteiger partial charge in [0.25, 0.3) is 0 Å². The largest absolute Gasteiger partial charge is 0.466 e. The maximum Gasteiger partial charge on any atom is 0.305 e. The first-order chi connectivity index (χ1) is 7.24. The zero-order chi connectivity index (χ0) is 11.1. The molecule has 0 N–H and O–H groups in total. The summed E-state index contributed by atoms with van der Waals surface area (Å²) in [6.45, 7) is 4.76. The molecule has 1 aliphatic rings. The smallest absolute Gasteiger partial charge is 0.305 e. The van der Waals surface area contributed by atoms with Gasteiger partial charge in [-0.25, -0.2) is 0 Å². The van der Waals surface area contributed by atoms with Crippen LogP contribution in [0.5, 0.6) is 0 Å². The highest BCUT2D eigenvalue weighted by Gasteiger charge is 2.19. The first kappa shape index (κ1) is 12.5. The number of rotatable bonds is 5. The van der Waals surface area contributed by atoms with Crippen LogP contribution in [0.3, 0.4) is 0 Å². The Balaban J connectivity index is 2.11. The van der Waals surface area contributed by atoms with Gasteiger partial charge in [0.15, 0.2) is 0 Å². The number of carbonyl (C=O) groups is 1. The zero-order valence-electron chi connectivity index (χ0n) is 10.1. The average molecular weight is 212 g/mol. The minimum atomic E-state index is -0.0640. The normalized spacial score (nSPS) is 19.9. The monoisotopic (exact) mass is 212 g/mol. The standard InChI is InChI=1S/C13H24O2/c1-3-13(14)15-10-9-11(2)12-7-5-4-6-8-12/h11-12H,3-10H2,1-2H3. The van der Waals surface area contributed by atoms with Crippen LogP contribution in [-0.4, -0.2) is 12.6 Å². The van der Waals surface area contributed by atoms with Crippen LogP contribution < -0.4 is 0 Å². The summed E-state index contributed by atoms with van der Waals surface area (Å²) >= 11 is 0. The van der Waals surface area contributed by atoms with E-state index in [0.717, 1.165) is 18.3 Å². The van der Waals surface area contributed by atoms with E-state index < -0.39 is 0 Å². The molecule has 1 atom stereocenters. The molecule has 0 saturated heterocycles. The number of ether oxygens (including phenoxy) is 1. The molecule has 1 fully saturated rings. The molecule has 1 rings (SSSR count). The Morgan fingerprint density at radius 2 is 2.00 bits per heavy atom. The van der Waals surface area contributed by atoms with Gasteiger partial charge in [-0.3, -0.25) is 4.79 Å². The van der Waals surface area contributed by atoms with Gasteiger partial charge < -0.3 is 4.74 Å². The fourth-order valence-corrected chi connectivity index (χ4v) is 2.40. The first-order valence-electron chi connectivity index (χ1n) is 6.39. The molecule has 2 heteroatoms. The van der Waals surface area contributed by atoms with Crippen molar-refractivity contribution >= 4 is 5.97 Å². The lowest BCUT2D eigenvalue weighted by Gasteiger charge is -2.27. The molecule has 2 nitrogen and oxygen atoms in total. The average Bonchev–Trinajstić information content (AvgIpc) is 2.29. The Bertz CT molecular complexity index is 183. The molecule has 0 amide bonds. The van der Waals surface area contributed by atoms with E-state index in [0.29, 0.717) is 13.0 Å². The van der Waals surface area contributed by atoms with Gasteiger partial charge in [-0.1, -0.05) is 46.0 Å². The number of hydrogen-bond acceptors (Lipinski definition) is 2. The molecule has 0 aromatic rings.